The molecular formula is C19H16ClNO5. The Morgan fingerprint density at radius 1 is 1.08 bits per heavy atom. The third kappa shape index (κ3) is 5.46. The molecule has 0 heterocycles. The highest BCUT2D eigenvalue weighted by Crippen LogP contribution is 2.17. The second-order valence-electron chi connectivity index (χ2n) is 5.04. The van der Waals surface area contributed by atoms with E-state index in [1.807, 2.05) is 0 Å². The average molecular weight is 374 g/mol. The second kappa shape index (κ2) is 9.39. The number of esters is 1. The Hall–Kier alpha value is -3.12. The van der Waals surface area contributed by atoms with Crippen molar-refractivity contribution in [3.8, 4) is 5.75 Å². The summed E-state index contributed by atoms with van der Waals surface area (Å²) < 4.78 is 9.85. The predicted molar refractivity (Wildman–Crippen MR) is 96.9 cm³/mol. The molecule has 0 atom stereocenters. The molecule has 2 aromatic carbocycles. The molecule has 1 N–H and O–H groups in total. The molecule has 2 rings (SSSR count). The van der Waals surface area contributed by atoms with Crippen molar-refractivity contribution in [3.63, 3.8) is 0 Å². The van der Waals surface area contributed by atoms with Gasteiger partial charge in [-0.2, -0.15) is 0 Å². The van der Waals surface area contributed by atoms with Crippen LogP contribution in [0.5, 0.6) is 5.75 Å². The summed E-state index contributed by atoms with van der Waals surface area (Å²) in [5.41, 5.74) is 0.843. The van der Waals surface area contributed by atoms with E-state index in [0.29, 0.717) is 16.3 Å². The van der Waals surface area contributed by atoms with Crippen molar-refractivity contribution >= 4 is 35.5 Å². The maximum absolute atomic E-state index is 12.0. The molecule has 134 valence electrons. The Morgan fingerprint density at radius 2 is 1.77 bits per heavy atom. The Bertz CT molecular complexity index is 847. The van der Waals surface area contributed by atoms with Gasteiger partial charge >= 0.3 is 5.97 Å². The molecule has 0 fully saturated rings. The number of carbonyl (C=O) groups is 3. The van der Waals surface area contributed by atoms with E-state index in [1.165, 1.54) is 19.3 Å². The first-order valence-electron chi connectivity index (χ1n) is 7.58. The number of amides is 2. The number of carbonyl (C=O) groups excluding carboxylic acids is 3. The van der Waals surface area contributed by atoms with Gasteiger partial charge in [-0.3, -0.25) is 14.9 Å². The Balaban J connectivity index is 1.85. The van der Waals surface area contributed by atoms with E-state index < -0.39 is 24.4 Å². The van der Waals surface area contributed by atoms with Crippen LogP contribution < -0.4 is 10.1 Å². The van der Waals surface area contributed by atoms with Crippen molar-refractivity contribution in [1.29, 1.82) is 0 Å². The lowest BCUT2D eigenvalue weighted by molar-refractivity contribution is -0.143. The maximum Gasteiger partial charge on any atom is 0.331 e. The van der Waals surface area contributed by atoms with Crippen molar-refractivity contribution < 1.29 is 23.9 Å². The number of rotatable bonds is 6. The minimum atomic E-state index is -0.750. The van der Waals surface area contributed by atoms with Crippen LogP contribution in [0.25, 0.3) is 6.08 Å². The Morgan fingerprint density at radius 3 is 2.50 bits per heavy atom. The van der Waals surface area contributed by atoms with Crippen molar-refractivity contribution in [2.24, 2.45) is 0 Å². The summed E-state index contributed by atoms with van der Waals surface area (Å²) in [5.74, 6) is -1.79. The van der Waals surface area contributed by atoms with Gasteiger partial charge in [0.25, 0.3) is 11.8 Å². The number of hydrogen-bond acceptors (Lipinski definition) is 5. The van der Waals surface area contributed by atoms with E-state index in [4.69, 9.17) is 21.1 Å². The summed E-state index contributed by atoms with van der Waals surface area (Å²) in [5, 5.41) is 2.61. The predicted octanol–water partition coefficient (Wildman–Crippen LogP) is 2.86. The molecule has 0 saturated heterocycles. The molecule has 0 aliphatic carbocycles. The lowest BCUT2D eigenvalue weighted by atomic mass is 10.2. The fourth-order valence-corrected chi connectivity index (χ4v) is 2.21. The van der Waals surface area contributed by atoms with Crippen LogP contribution in [0.1, 0.15) is 15.9 Å². The first-order chi connectivity index (χ1) is 12.5. The van der Waals surface area contributed by atoms with Gasteiger partial charge < -0.3 is 9.47 Å². The van der Waals surface area contributed by atoms with Crippen LogP contribution in [0, 0.1) is 0 Å². The third-order valence-electron chi connectivity index (χ3n) is 3.25. The monoisotopic (exact) mass is 373 g/mol. The minimum Gasteiger partial charge on any atom is -0.496 e. The van der Waals surface area contributed by atoms with Crippen LogP contribution >= 0.6 is 11.6 Å². The Kier molecular flexibility index (Phi) is 6.93. The number of benzene rings is 2. The zero-order chi connectivity index (χ0) is 18.9. The topological polar surface area (TPSA) is 81.7 Å². The van der Waals surface area contributed by atoms with Gasteiger partial charge in [-0.25, -0.2) is 4.79 Å². The van der Waals surface area contributed by atoms with Gasteiger partial charge in [0.2, 0.25) is 0 Å². The van der Waals surface area contributed by atoms with Gasteiger partial charge in [-0.1, -0.05) is 41.9 Å². The summed E-state index contributed by atoms with van der Waals surface area (Å²) in [6.45, 7) is -0.591. The number of nitrogens with one attached hydrogen (secondary N) is 1. The lowest BCUT2D eigenvalue weighted by Gasteiger charge is -2.08. The van der Waals surface area contributed by atoms with E-state index in [0.717, 1.165) is 6.08 Å². The van der Waals surface area contributed by atoms with Crippen molar-refractivity contribution in [2.45, 2.75) is 0 Å². The fourth-order valence-electron chi connectivity index (χ4n) is 2.02. The molecule has 0 bridgehead atoms. The first-order valence-corrected chi connectivity index (χ1v) is 7.95. The van der Waals surface area contributed by atoms with Gasteiger partial charge in [0.05, 0.1) is 12.7 Å². The number of halogens is 1. The summed E-state index contributed by atoms with van der Waals surface area (Å²) in [6.07, 6.45) is 2.62. The number of ether oxygens (including phenoxy) is 2. The van der Waals surface area contributed by atoms with Crippen LogP contribution in [0.15, 0.2) is 54.6 Å². The molecule has 6 nitrogen and oxygen atoms in total. The van der Waals surface area contributed by atoms with Crippen LogP contribution in [0.3, 0.4) is 0 Å². The highest BCUT2D eigenvalue weighted by Gasteiger charge is 2.15. The van der Waals surface area contributed by atoms with E-state index in [2.05, 4.69) is 5.32 Å². The van der Waals surface area contributed by atoms with Crippen molar-refractivity contribution in [2.75, 3.05) is 13.7 Å². The fraction of sp³-hybridized carbons (Fsp3) is 0.105. The summed E-state index contributed by atoms with van der Waals surface area (Å²) in [7, 11) is 1.42. The van der Waals surface area contributed by atoms with E-state index in [-0.39, 0.29) is 5.56 Å². The molecular weight excluding hydrogens is 358 g/mol. The second-order valence-corrected chi connectivity index (χ2v) is 5.45. The maximum atomic E-state index is 12.0. The van der Waals surface area contributed by atoms with Gasteiger partial charge in [-0.15, -0.1) is 0 Å². The van der Waals surface area contributed by atoms with Gasteiger partial charge in [0.1, 0.15) is 5.75 Å². The molecule has 26 heavy (non-hydrogen) atoms. The quantitative estimate of drug-likeness (QED) is 0.622. The van der Waals surface area contributed by atoms with Gasteiger partial charge in [0, 0.05) is 11.1 Å². The largest absolute Gasteiger partial charge is 0.496 e. The van der Waals surface area contributed by atoms with Crippen LogP contribution in [0.2, 0.25) is 5.02 Å². The van der Waals surface area contributed by atoms with Crippen LogP contribution in [-0.4, -0.2) is 31.5 Å². The highest BCUT2D eigenvalue weighted by molar-refractivity contribution is 6.32. The van der Waals surface area contributed by atoms with E-state index in [9.17, 15) is 14.4 Å². The van der Waals surface area contributed by atoms with Crippen LogP contribution in [-0.2, 0) is 14.3 Å². The summed E-state index contributed by atoms with van der Waals surface area (Å²) >= 11 is 5.96. The molecule has 0 radical (unpaired) electrons. The SMILES string of the molecule is COc1ccccc1C(=O)NC(=O)COC(=O)C=Cc1ccccc1Cl. The third-order valence-corrected chi connectivity index (χ3v) is 3.60. The summed E-state index contributed by atoms with van der Waals surface area (Å²) in [6, 6.07) is 13.4. The van der Waals surface area contributed by atoms with E-state index in [1.54, 1.807) is 42.5 Å². The number of para-hydroxylation sites is 1. The molecule has 7 heteroatoms. The first kappa shape index (κ1) is 19.2. The molecule has 0 saturated carbocycles. The molecule has 0 aromatic heterocycles. The molecule has 0 unspecified atom stereocenters. The van der Waals surface area contributed by atoms with Gasteiger partial charge in [-0.05, 0) is 29.8 Å². The average Bonchev–Trinajstić information content (AvgIpc) is 2.65. The molecule has 2 aromatic rings. The van der Waals surface area contributed by atoms with Crippen molar-refractivity contribution in [1.82, 2.24) is 5.32 Å². The number of methoxy groups -OCH3 is 1. The molecule has 0 aliphatic heterocycles. The lowest BCUT2D eigenvalue weighted by Crippen LogP contribution is -2.34. The normalized spacial score (nSPS) is 10.4. The molecule has 2 amide bonds. The van der Waals surface area contributed by atoms with Crippen LogP contribution in [0.4, 0.5) is 0 Å². The van der Waals surface area contributed by atoms with E-state index >= 15 is 0 Å². The zero-order valence-electron chi connectivity index (χ0n) is 13.9. The molecule has 0 aliphatic rings. The Labute approximate surface area is 155 Å². The zero-order valence-corrected chi connectivity index (χ0v) is 14.7. The number of imide groups is 1. The number of hydrogen-bond donors (Lipinski definition) is 1. The standard InChI is InChI=1S/C19H16ClNO5/c1-25-16-9-5-3-7-14(16)19(24)21-17(22)12-26-18(23)11-10-13-6-2-4-8-15(13)20/h2-11H,12H2,1H3,(H,21,22,24). The highest BCUT2D eigenvalue weighted by atomic mass is 35.5. The molecule has 0 spiro atoms. The van der Waals surface area contributed by atoms with Gasteiger partial charge in [0.15, 0.2) is 6.61 Å². The minimum absolute atomic E-state index is 0.202. The summed E-state index contributed by atoms with van der Waals surface area (Å²) in [4.78, 5) is 35.5. The smallest absolute Gasteiger partial charge is 0.331 e. The van der Waals surface area contributed by atoms with Crippen molar-refractivity contribution in [3.05, 3.63) is 70.8 Å².